The largest absolute Gasteiger partial charge is 0.250 e. The molecule has 3 rings (SSSR count). The smallest absolute Gasteiger partial charge is 0.175 e. The lowest BCUT2D eigenvalue weighted by Crippen LogP contribution is -1.98. The number of rotatable bonds is 2. The molecule has 2 aromatic carbocycles. The molecular formula is C18H10ClN3. The molecule has 0 aliphatic carbocycles. The Kier molecular flexibility index (Phi) is 3.74. The van der Waals surface area contributed by atoms with Gasteiger partial charge in [0.2, 0.25) is 0 Å². The Hall–Kier alpha value is -2.88. The van der Waals surface area contributed by atoms with Crippen LogP contribution in [-0.2, 0) is 0 Å². The zero-order valence-corrected chi connectivity index (χ0v) is 12.2. The summed E-state index contributed by atoms with van der Waals surface area (Å²) in [7, 11) is 0. The lowest BCUT2D eigenvalue weighted by atomic mass is 9.97. The molecule has 0 atom stereocenters. The summed E-state index contributed by atoms with van der Waals surface area (Å²) in [5, 5.41) is 19.8. The van der Waals surface area contributed by atoms with Gasteiger partial charge >= 0.3 is 0 Å². The summed E-state index contributed by atoms with van der Waals surface area (Å²) in [6, 6.07) is 20.9. The third-order valence-corrected chi connectivity index (χ3v) is 3.66. The van der Waals surface area contributed by atoms with Gasteiger partial charge in [-0.2, -0.15) is 10.5 Å². The third kappa shape index (κ3) is 2.51. The molecule has 0 fully saturated rings. The summed E-state index contributed by atoms with van der Waals surface area (Å²) in [5.74, 6) is -0.887. The maximum Gasteiger partial charge on any atom is 0.175 e. The van der Waals surface area contributed by atoms with Crippen LogP contribution < -0.4 is 0 Å². The Balaban J connectivity index is 2.35. The maximum atomic E-state index is 9.12. The molecule has 1 heterocycles. The van der Waals surface area contributed by atoms with Gasteiger partial charge in [-0.3, -0.25) is 4.98 Å². The van der Waals surface area contributed by atoms with Crippen LogP contribution >= 0.6 is 11.6 Å². The maximum absolute atomic E-state index is 9.12. The zero-order valence-electron chi connectivity index (χ0n) is 11.5. The zero-order chi connectivity index (χ0) is 15.5. The number of hydrogen-bond acceptors (Lipinski definition) is 3. The molecule has 0 spiro atoms. The Bertz CT molecular complexity index is 907. The Morgan fingerprint density at radius 1 is 0.955 bits per heavy atom. The van der Waals surface area contributed by atoms with Gasteiger partial charge in [0.05, 0.1) is 23.3 Å². The van der Waals surface area contributed by atoms with Gasteiger partial charge in [-0.05, 0) is 35.4 Å². The van der Waals surface area contributed by atoms with E-state index in [9.17, 15) is 0 Å². The summed E-state index contributed by atoms with van der Waals surface area (Å²) in [6.07, 6.45) is 0. The van der Waals surface area contributed by atoms with Crippen molar-refractivity contribution in [3.8, 4) is 23.3 Å². The number of nitriles is 2. The number of nitrogens with zero attached hydrogens (tertiary/aromatic N) is 3. The lowest BCUT2D eigenvalue weighted by molar-refractivity contribution is 1.03. The minimum absolute atomic E-state index is 0.457. The molecule has 0 bridgehead atoms. The molecule has 3 nitrogen and oxygen atoms in total. The number of hydrogen-bond donors (Lipinski definition) is 0. The fourth-order valence-electron chi connectivity index (χ4n) is 2.38. The third-order valence-electron chi connectivity index (χ3n) is 3.43. The fourth-order valence-corrected chi connectivity index (χ4v) is 2.56. The highest BCUT2D eigenvalue weighted by molar-refractivity contribution is 6.31. The second-order valence-electron chi connectivity index (χ2n) is 4.81. The van der Waals surface area contributed by atoms with Crippen LogP contribution in [0.1, 0.15) is 11.6 Å². The van der Waals surface area contributed by atoms with Gasteiger partial charge in [0.25, 0.3) is 0 Å². The van der Waals surface area contributed by atoms with Gasteiger partial charge in [-0.15, -0.1) is 0 Å². The van der Waals surface area contributed by atoms with Crippen LogP contribution in [0.3, 0.4) is 0 Å². The van der Waals surface area contributed by atoms with Crippen LogP contribution in [0.4, 0.5) is 0 Å². The van der Waals surface area contributed by atoms with Gasteiger partial charge in [0.1, 0.15) is 0 Å². The van der Waals surface area contributed by atoms with E-state index in [0.717, 1.165) is 22.0 Å². The first-order valence-corrected chi connectivity index (χ1v) is 7.05. The van der Waals surface area contributed by atoms with Gasteiger partial charge in [-0.25, -0.2) is 0 Å². The normalized spacial score (nSPS) is 10.4. The molecule has 1 aromatic heterocycles. The first-order chi connectivity index (χ1) is 10.7. The molecule has 0 radical (unpaired) electrons. The van der Waals surface area contributed by atoms with Crippen LogP contribution in [0, 0.1) is 22.7 Å². The van der Waals surface area contributed by atoms with Crippen molar-refractivity contribution in [3.05, 3.63) is 65.3 Å². The van der Waals surface area contributed by atoms with E-state index in [1.54, 1.807) is 18.2 Å². The predicted molar refractivity (Wildman–Crippen MR) is 86.2 cm³/mol. The second-order valence-corrected chi connectivity index (χ2v) is 5.25. The highest BCUT2D eigenvalue weighted by Crippen LogP contribution is 2.32. The van der Waals surface area contributed by atoms with E-state index in [1.165, 1.54) is 0 Å². The summed E-state index contributed by atoms with van der Waals surface area (Å²) < 4.78 is 0. The molecule has 0 N–H and O–H groups in total. The number of benzene rings is 2. The lowest BCUT2D eigenvalue weighted by Gasteiger charge is -2.10. The molecular weight excluding hydrogens is 294 g/mol. The van der Waals surface area contributed by atoms with Crippen molar-refractivity contribution in [3.63, 3.8) is 0 Å². The SMILES string of the molecule is N#CC(C#N)c1cc(-c2ccccc2)c2cc(Cl)ccc2n1. The predicted octanol–water partition coefficient (Wildman–Crippen LogP) is 4.69. The van der Waals surface area contributed by atoms with Crippen LogP contribution in [-0.4, -0.2) is 4.98 Å². The number of fused-ring (bicyclic) bond motifs is 1. The monoisotopic (exact) mass is 303 g/mol. The minimum Gasteiger partial charge on any atom is -0.250 e. The van der Waals surface area contributed by atoms with Crippen molar-refractivity contribution in [2.24, 2.45) is 0 Å². The highest BCUT2D eigenvalue weighted by atomic mass is 35.5. The molecule has 3 aromatic rings. The van der Waals surface area contributed by atoms with Gasteiger partial charge < -0.3 is 0 Å². The van der Waals surface area contributed by atoms with Crippen LogP contribution in [0.15, 0.2) is 54.6 Å². The van der Waals surface area contributed by atoms with Gasteiger partial charge in [0.15, 0.2) is 5.92 Å². The number of halogens is 1. The molecule has 0 unspecified atom stereocenters. The summed E-state index contributed by atoms with van der Waals surface area (Å²) in [5.41, 5.74) is 3.08. The molecule has 0 aliphatic rings. The Labute approximate surface area is 133 Å². The summed E-state index contributed by atoms with van der Waals surface area (Å²) in [4.78, 5) is 4.44. The van der Waals surface area contributed by atoms with Crippen LogP contribution in [0.25, 0.3) is 22.0 Å². The van der Waals surface area contributed by atoms with E-state index in [4.69, 9.17) is 22.1 Å². The van der Waals surface area contributed by atoms with Gasteiger partial charge in [-0.1, -0.05) is 41.9 Å². The van der Waals surface area contributed by atoms with Crippen LogP contribution in [0.2, 0.25) is 5.02 Å². The number of aromatic nitrogens is 1. The minimum atomic E-state index is -0.887. The van der Waals surface area contributed by atoms with Crippen molar-refractivity contribution in [2.75, 3.05) is 0 Å². The van der Waals surface area contributed by atoms with E-state index >= 15 is 0 Å². The molecule has 22 heavy (non-hydrogen) atoms. The highest BCUT2D eigenvalue weighted by Gasteiger charge is 2.15. The molecule has 0 saturated carbocycles. The first kappa shape index (κ1) is 14.1. The van der Waals surface area contributed by atoms with Crippen molar-refractivity contribution in [2.45, 2.75) is 5.92 Å². The van der Waals surface area contributed by atoms with Crippen molar-refractivity contribution in [1.82, 2.24) is 4.98 Å². The van der Waals surface area contributed by atoms with E-state index in [2.05, 4.69) is 4.98 Å². The average molecular weight is 304 g/mol. The van der Waals surface area contributed by atoms with E-state index in [1.807, 2.05) is 48.5 Å². The molecule has 0 aliphatic heterocycles. The second kappa shape index (κ2) is 5.85. The van der Waals surface area contributed by atoms with E-state index in [0.29, 0.717) is 10.7 Å². The molecule has 104 valence electrons. The van der Waals surface area contributed by atoms with E-state index < -0.39 is 5.92 Å². The molecule has 0 amide bonds. The topological polar surface area (TPSA) is 60.5 Å². The standard InChI is InChI=1S/C18H10ClN3/c19-14-6-7-17-16(8-14)15(12-4-2-1-3-5-12)9-18(22-17)13(10-20)11-21/h1-9,13H. The summed E-state index contributed by atoms with van der Waals surface area (Å²) in [6.45, 7) is 0. The van der Waals surface area contributed by atoms with Crippen molar-refractivity contribution < 1.29 is 0 Å². The quantitative estimate of drug-likeness (QED) is 0.690. The molecule has 0 saturated heterocycles. The summed E-state index contributed by atoms with van der Waals surface area (Å²) >= 11 is 6.10. The Morgan fingerprint density at radius 2 is 1.68 bits per heavy atom. The van der Waals surface area contributed by atoms with Crippen LogP contribution in [0.5, 0.6) is 0 Å². The van der Waals surface area contributed by atoms with E-state index in [-0.39, 0.29) is 0 Å². The number of pyridine rings is 1. The first-order valence-electron chi connectivity index (χ1n) is 6.68. The molecule has 4 heteroatoms. The van der Waals surface area contributed by atoms with Gasteiger partial charge in [0, 0.05) is 10.4 Å². The van der Waals surface area contributed by atoms with Crippen molar-refractivity contribution in [1.29, 1.82) is 10.5 Å². The Morgan fingerprint density at radius 3 is 2.36 bits per heavy atom. The van der Waals surface area contributed by atoms with Crippen molar-refractivity contribution >= 4 is 22.5 Å². The fraction of sp³-hybridized carbons (Fsp3) is 0.0556. The average Bonchev–Trinajstić information content (AvgIpc) is 2.56.